The molecular weight excluding hydrogens is 625 g/mol. The summed E-state index contributed by atoms with van der Waals surface area (Å²) in [5, 5.41) is 10.1. The molecule has 0 bridgehead atoms. The molecular formula is C52H34. The molecule has 0 aromatic heterocycles. The highest BCUT2D eigenvalue weighted by molar-refractivity contribution is 6.25. The minimum Gasteiger partial charge on any atom is -0.0622 e. The first-order chi connectivity index (χ1) is 25.8. The van der Waals surface area contributed by atoms with Crippen molar-refractivity contribution in [2.75, 3.05) is 0 Å². The monoisotopic (exact) mass is 658 g/mol. The predicted molar refractivity (Wildman–Crippen MR) is 224 cm³/mol. The van der Waals surface area contributed by atoms with E-state index in [4.69, 9.17) is 0 Å². The third-order valence-corrected chi connectivity index (χ3v) is 10.6. The van der Waals surface area contributed by atoms with Crippen LogP contribution in [0.1, 0.15) is 0 Å². The van der Waals surface area contributed by atoms with Gasteiger partial charge in [-0.3, -0.25) is 0 Å². The largest absolute Gasteiger partial charge is 0.0622 e. The van der Waals surface area contributed by atoms with Crippen molar-refractivity contribution in [2.45, 2.75) is 0 Å². The number of hydrogen-bond acceptors (Lipinski definition) is 0. The normalized spacial score (nSPS) is 11.5. The molecule has 0 fully saturated rings. The van der Waals surface area contributed by atoms with Gasteiger partial charge in [-0.25, -0.2) is 0 Å². The maximum atomic E-state index is 2.46. The molecule has 0 heteroatoms. The highest BCUT2D eigenvalue weighted by Gasteiger charge is 2.20. The number of benzene rings is 10. The summed E-state index contributed by atoms with van der Waals surface area (Å²) in [6.07, 6.45) is 0. The molecule has 0 aliphatic heterocycles. The van der Waals surface area contributed by atoms with E-state index in [1.807, 2.05) is 0 Å². The zero-order chi connectivity index (χ0) is 34.4. The fraction of sp³-hybridized carbons (Fsp3) is 0. The zero-order valence-electron chi connectivity index (χ0n) is 28.6. The van der Waals surface area contributed by atoms with Crippen LogP contribution in [0.4, 0.5) is 0 Å². The molecule has 242 valence electrons. The van der Waals surface area contributed by atoms with E-state index in [1.54, 1.807) is 0 Å². The van der Waals surface area contributed by atoms with Gasteiger partial charge in [-0.2, -0.15) is 0 Å². The Bertz CT molecular complexity index is 2850. The van der Waals surface area contributed by atoms with E-state index in [1.165, 1.54) is 98.7 Å². The average molecular weight is 659 g/mol. The fourth-order valence-electron chi connectivity index (χ4n) is 8.38. The van der Waals surface area contributed by atoms with Crippen LogP contribution in [0.5, 0.6) is 0 Å². The summed E-state index contributed by atoms with van der Waals surface area (Å²) >= 11 is 0. The quantitative estimate of drug-likeness (QED) is 0.161. The molecule has 0 heterocycles. The Morgan fingerprint density at radius 1 is 0.154 bits per heavy atom. The second-order valence-electron chi connectivity index (χ2n) is 13.6. The molecule has 0 N–H and O–H groups in total. The van der Waals surface area contributed by atoms with E-state index < -0.39 is 0 Å². The van der Waals surface area contributed by atoms with Crippen molar-refractivity contribution in [1.29, 1.82) is 0 Å². The molecule has 0 saturated heterocycles. The Morgan fingerprint density at radius 3 is 0.827 bits per heavy atom. The lowest BCUT2D eigenvalue weighted by Crippen LogP contribution is -1.93. The van der Waals surface area contributed by atoms with Crippen LogP contribution in [0.3, 0.4) is 0 Å². The van der Waals surface area contributed by atoms with Gasteiger partial charge >= 0.3 is 0 Å². The second-order valence-corrected chi connectivity index (χ2v) is 13.6. The summed E-state index contributed by atoms with van der Waals surface area (Å²) in [4.78, 5) is 0. The SMILES string of the molecule is c1ccc(-c2ccc(-c3c4ccccc4c(-c4ccc5c(-c6ccccc6)c6ccccc6c(-c6ccccc6)c5c4)c4ccccc34)cc2)cc1. The lowest BCUT2D eigenvalue weighted by molar-refractivity contribution is 1.61. The van der Waals surface area contributed by atoms with E-state index >= 15 is 0 Å². The second kappa shape index (κ2) is 12.5. The van der Waals surface area contributed by atoms with Crippen LogP contribution >= 0.6 is 0 Å². The fourth-order valence-corrected chi connectivity index (χ4v) is 8.38. The number of hydrogen-bond donors (Lipinski definition) is 0. The van der Waals surface area contributed by atoms with Crippen molar-refractivity contribution in [3.63, 3.8) is 0 Å². The van der Waals surface area contributed by atoms with Crippen molar-refractivity contribution in [1.82, 2.24) is 0 Å². The summed E-state index contributed by atoms with van der Waals surface area (Å²) < 4.78 is 0. The summed E-state index contributed by atoms with van der Waals surface area (Å²) in [6.45, 7) is 0. The summed E-state index contributed by atoms with van der Waals surface area (Å²) in [5.74, 6) is 0. The molecule has 0 atom stereocenters. The Kier molecular flexibility index (Phi) is 7.25. The maximum absolute atomic E-state index is 2.46. The smallest absolute Gasteiger partial charge is 0.00261 e. The Hall–Kier alpha value is -6.76. The number of rotatable bonds is 5. The molecule has 10 aromatic rings. The average Bonchev–Trinajstić information content (AvgIpc) is 3.22. The minimum absolute atomic E-state index is 1.22. The van der Waals surface area contributed by atoms with Crippen LogP contribution < -0.4 is 0 Å². The van der Waals surface area contributed by atoms with Crippen molar-refractivity contribution < 1.29 is 0 Å². The summed E-state index contributed by atoms with van der Waals surface area (Å²) in [5.41, 5.74) is 12.5. The number of fused-ring (bicyclic) bond motifs is 4. The molecule has 0 amide bonds. The molecule has 10 rings (SSSR count). The van der Waals surface area contributed by atoms with Crippen molar-refractivity contribution in [3.05, 3.63) is 206 Å². The Balaban J connectivity index is 1.27. The molecule has 0 saturated carbocycles. The molecule has 0 aliphatic carbocycles. The van der Waals surface area contributed by atoms with Gasteiger partial charge in [0, 0.05) is 0 Å². The Labute approximate surface area is 303 Å². The first kappa shape index (κ1) is 30.1. The summed E-state index contributed by atoms with van der Waals surface area (Å²) in [6, 6.07) is 75.5. The van der Waals surface area contributed by atoms with Crippen LogP contribution in [-0.4, -0.2) is 0 Å². The van der Waals surface area contributed by atoms with Gasteiger partial charge in [-0.05, 0) is 105 Å². The van der Waals surface area contributed by atoms with Gasteiger partial charge in [0.2, 0.25) is 0 Å². The first-order valence-electron chi connectivity index (χ1n) is 18.0. The van der Waals surface area contributed by atoms with E-state index in [-0.39, 0.29) is 0 Å². The van der Waals surface area contributed by atoms with Crippen LogP contribution in [0, 0.1) is 0 Å². The zero-order valence-corrected chi connectivity index (χ0v) is 28.6. The van der Waals surface area contributed by atoms with Gasteiger partial charge in [-0.15, -0.1) is 0 Å². The molecule has 0 unspecified atom stereocenters. The standard InChI is InChI=1S/C52H34/c1-4-16-35(17-5-1)36-28-30-39(31-29-36)50-42-23-11-14-26-45(42)52(46-27-15-12-24-43(46)50)40-32-33-47-48(34-40)51(38-20-8-3-9-21-38)44-25-13-10-22-41(44)49(47)37-18-6-2-7-19-37/h1-34H. The lowest BCUT2D eigenvalue weighted by atomic mass is 9.82. The van der Waals surface area contributed by atoms with Gasteiger partial charge in [0.25, 0.3) is 0 Å². The topological polar surface area (TPSA) is 0 Å². The van der Waals surface area contributed by atoms with Crippen LogP contribution in [-0.2, 0) is 0 Å². The molecule has 0 aliphatic rings. The lowest BCUT2D eigenvalue weighted by Gasteiger charge is -2.21. The Morgan fingerprint density at radius 2 is 0.404 bits per heavy atom. The van der Waals surface area contributed by atoms with E-state index in [0.29, 0.717) is 0 Å². The predicted octanol–water partition coefficient (Wildman–Crippen LogP) is 14.6. The maximum Gasteiger partial charge on any atom is -0.00261 e. The molecule has 0 radical (unpaired) electrons. The summed E-state index contributed by atoms with van der Waals surface area (Å²) in [7, 11) is 0. The van der Waals surface area contributed by atoms with Crippen molar-refractivity contribution in [3.8, 4) is 55.6 Å². The molecule has 0 spiro atoms. The van der Waals surface area contributed by atoms with Gasteiger partial charge in [0.1, 0.15) is 0 Å². The third-order valence-electron chi connectivity index (χ3n) is 10.6. The van der Waals surface area contributed by atoms with Crippen LogP contribution in [0.15, 0.2) is 206 Å². The van der Waals surface area contributed by atoms with Gasteiger partial charge in [-0.1, -0.05) is 200 Å². The van der Waals surface area contributed by atoms with Crippen LogP contribution in [0.25, 0.3) is 98.7 Å². The van der Waals surface area contributed by atoms with Crippen molar-refractivity contribution in [2.24, 2.45) is 0 Å². The first-order valence-corrected chi connectivity index (χ1v) is 18.0. The van der Waals surface area contributed by atoms with Crippen LogP contribution in [0.2, 0.25) is 0 Å². The van der Waals surface area contributed by atoms with E-state index in [0.717, 1.165) is 0 Å². The molecule has 52 heavy (non-hydrogen) atoms. The van der Waals surface area contributed by atoms with Gasteiger partial charge < -0.3 is 0 Å². The van der Waals surface area contributed by atoms with E-state index in [2.05, 4.69) is 206 Å². The van der Waals surface area contributed by atoms with Crippen molar-refractivity contribution >= 4 is 43.1 Å². The van der Waals surface area contributed by atoms with Gasteiger partial charge in [0.15, 0.2) is 0 Å². The highest BCUT2D eigenvalue weighted by Crippen LogP contribution is 2.48. The minimum atomic E-state index is 1.22. The molecule has 0 nitrogen and oxygen atoms in total. The van der Waals surface area contributed by atoms with E-state index in [9.17, 15) is 0 Å². The third kappa shape index (κ3) is 4.92. The highest BCUT2D eigenvalue weighted by atomic mass is 14.2. The van der Waals surface area contributed by atoms with Gasteiger partial charge in [0.05, 0.1) is 0 Å². The molecule has 10 aromatic carbocycles.